The second kappa shape index (κ2) is 7.43. The van der Waals surface area contributed by atoms with E-state index in [0.29, 0.717) is 5.56 Å². The number of carbonyl (C=O) groups is 2. The van der Waals surface area contributed by atoms with E-state index in [1.165, 1.54) is 0 Å². The van der Waals surface area contributed by atoms with E-state index >= 15 is 0 Å². The van der Waals surface area contributed by atoms with Gasteiger partial charge in [-0.05, 0) is 57.6 Å². The van der Waals surface area contributed by atoms with Crippen LogP contribution in [0.5, 0.6) is 0 Å². The zero-order valence-corrected chi connectivity index (χ0v) is 13.6. The Hall–Kier alpha value is -1.84. The summed E-state index contributed by atoms with van der Waals surface area (Å²) in [6.45, 7) is 5.89. The monoisotopic (exact) mass is 303 g/mol. The lowest BCUT2D eigenvalue weighted by Crippen LogP contribution is -2.39. The predicted molar refractivity (Wildman–Crippen MR) is 85.8 cm³/mol. The third-order valence-electron chi connectivity index (χ3n) is 4.17. The first-order valence-electron chi connectivity index (χ1n) is 7.99. The van der Waals surface area contributed by atoms with Crippen molar-refractivity contribution >= 4 is 11.9 Å². The number of rotatable bonds is 4. The molecule has 1 aromatic rings. The van der Waals surface area contributed by atoms with Gasteiger partial charge < -0.3 is 10.1 Å². The lowest BCUT2D eigenvalue weighted by molar-refractivity contribution is -0.125. The number of ether oxygens (including phenoxy) is 1. The van der Waals surface area contributed by atoms with Crippen molar-refractivity contribution < 1.29 is 14.3 Å². The van der Waals surface area contributed by atoms with Crippen LogP contribution in [0.15, 0.2) is 18.2 Å². The number of hydrogen-bond donors (Lipinski definition) is 1. The molecule has 0 saturated heterocycles. The highest BCUT2D eigenvalue weighted by Gasteiger charge is 2.20. The fourth-order valence-corrected chi connectivity index (χ4v) is 2.98. The van der Waals surface area contributed by atoms with Gasteiger partial charge in [-0.25, -0.2) is 4.79 Å². The summed E-state index contributed by atoms with van der Waals surface area (Å²) in [5.74, 6) is 0.0898. The summed E-state index contributed by atoms with van der Waals surface area (Å²) in [5, 5.41) is 2.95. The summed E-state index contributed by atoms with van der Waals surface area (Å²) < 4.78 is 5.11. The van der Waals surface area contributed by atoms with Crippen LogP contribution < -0.4 is 5.32 Å². The Kier molecular flexibility index (Phi) is 5.58. The molecule has 0 aromatic heterocycles. The first-order valence-corrected chi connectivity index (χ1v) is 7.99. The van der Waals surface area contributed by atoms with Crippen LogP contribution in [0.1, 0.15) is 54.1 Å². The molecule has 0 bridgehead atoms. The molecule has 1 amide bonds. The minimum atomic E-state index is -0.445. The van der Waals surface area contributed by atoms with Crippen LogP contribution >= 0.6 is 0 Å². The van der Waals surface area contributed by atoms with Crippen LogP contribution in [-0.2, 0) is 9.53 Å². The van der Waals surface area contributed by atoms with Gasteiger partial charge in [-0.2, -0.15) is 0 Å². The number of carbonyl (C=O) groups excluding carboxylic acids is 2. The molecule has 1 aromatic carbocycles. The molecule has 1 aliphatic rings. The highest BCUT2D eigenvalue weighted by atomic mass is 16.5. The highest BCUT2D eigenvalue weighted by Crippen LogP contribution is 2.23. The average Bonchev–Trinajstić information content (AvgIpc) is 2.46. The molecule has 120 valence electrons. The molecule has 1 saturated carbocycles. The zero-order valence-electron chi connectivity index (χ0n) is 13.6. The third-order valence-corrected chi connectivity index (χ3v) is 4.17. The van der Waals surface area contributed by atoms with Crippen molar-refractivity contribution in [3.63, 3.8) is 0 Å². The fraction of sp³-hybridized carbons (Fsp3) is 0.556. The second-order valence-electron chi connectivity index (χ2n) is 6.48. The normalized spacial score (nSPS) is 21.2. The highest BCUT2D eigenvalue weighted by molar-refractivity contribution is 5.91. The van der Waals surface area contributed by atoms with E-state index in [0.717, 1.165) is 42.7 Å². The Morgan fingerprint density at radius 1 is 1.09 bits per heavy atom. The summed E-state index contributed by atoms with van der Waals surface area (Å²) in [4.78, 5) is 23.9. The molecule has 4 nitrogen and oxygen atoms in total. The summed E-state index contributed by atoms with van der Waals surface area (Å²) in [6, 6.07) is 5.77. The largest absolute Gasteiger partial charge is 0.452 e. The quantitative estimate of drug-likeness (QED) is 0.869. The summed E-state index contributed by atoms with van der Waals surface area (Å²) in [6.07, 6.45) is 4.32. The average molecular weight is 303 g/mol. The first-order chi connectivity index (χ1) is 10.4. The Labute approximate surface area is 132 Å². The maximum atomic E-state index is 12.0. The minimum Gasteiger partial charge on any atom is -0.452 e. The number of benzene rings is 1. The molecule has 22 heavy (non-hydrogen) atoms. The zero-order chi connectivity index (χ0) is 16.1. The topological polar surface area (TPSA) is 55.4 Å². The summed E-state index contributed by atoms with van der Waals surface area (Å²) in [5.41, 5.74) is 2.51. The van der Waals surface area contributed by atoms with Crippen LogP contribution in [-0.4, -0.2) is 24.5 Å². The van der Waals surface area contributed by atoms with Crippen LogP contribution in [0.25, 0.3) is 0 Å². The molecule has 0 radical (unpaired) electrons. The van der Waals surface area contributed by atoms with Gasteiger partial charge in [-0.1, -0.05) is 24.1 Å². The van der Waals surface area contributed by atoms with Crippen molar-refractivity contribution in [1.29, 1.82) is 0 Å². The van der Waals surface area contributed by atoms with Crippen molar-refractivity contribution in [2.75, 3.05) is 6.61 Å². The van der Waals surface area contributed by atoms with Crippen LogP contribution in [0.2, 0.25) is 0 Å². The smallest absolute Gasteiger partial charge is 0.338 e. The van der Waals surface area contributed by atoms with E-state index in [1.807, 2.05) is 19.9 Å². The summed E-state index contributed by atoms with van der Waals surface area (Å²) >= 11 is 0. The number of amides is 1. The number of nitrogens with one attached hydrogen (secondary N) is 1. The molecular weight excluding hydrogens is 278 g/mol. The van der Waals surface area contributed by atoms with Gasteiger partial charge in [0.25, 0.3) is 5.91 Å². The SMILES string of the molecule is Cc1cc(C)cc(C(=O)OCC(=O)NC2CCC(C)CC2)c1. The molecule has 0 unspecified atom stereocenters. The van der Waals surface area contributed by atoms with Crippen LogP contribution in [0.3, 0.4) is 0 Å². The van der Waals surface area contributed by atoms with E-state index in [-0.39, 0.29) is 18.6 Å². The van der Waals surface area contributed by atoms with E-state index in [1.54, 1.807) is 12.1 Å². The standard InChI is InChI=1S/C18H25NO3/c1-12-4-6-16(7-5-12)19-17(20)11-22-18(21)15-9-13(2)8-14(3)10-15/h8-10,12,16H,4-7,11H2,1-3H3,(H,19,20). The third kappa shape index (κ3) is 4.86. The van der Waals surface area contributed by atoms with Gasteiger partial charge in [-0.3, -0.25) is 4.79 Å². The van der Waals surface area contributed by atoms with Gasteiger partial charge in [0.2, 0.25) is 0 Å². The Morgan fingerprint density at radius 2 is 1.68 bits per heavy atom. The Balaban J connectivity index is 1.79. The van der Waals surface area contributed by atoms with Gasteiger partial charge in [0.15, 0.2) is 6.61 Å². The Morgan fingerprint density at radius 3 is 2.27 bits per heavy atom. The van der Waals surface area contributed by atoms with Gasteiger partial charge in [-0.15, -0.1) is 0 Å². The molecule has 0 heterocycles. The van der Waals surface area contributed by atoms with Gasteiger partial charge in [0, 0.05) is 6.04 Å². The molecule has 0 aliphatic heterocycles. The predicted octanol–water partition coefficient (Wildman–Crippen LogP) is 3.16. The number of aryl methyl sites for hydroxylation is 2. The van der Waals surface area contributed by atoms with Crippen LogP contribution in [0, 0.1) is 19.8 Å². The molecule has 4 heteroatoms. The van der Waals surface area contributed by atoms with Gasteiger partial charge in [0.05, 0.1) is 5.56 Å². The molecule has 2 rings (SSSR count). The lowest BCUT2D eigenvalue weighted by Gasteiger charge is -2.26. The van der Waals surface area contributed by atoms with E-state index in [4.69, 9.17) is 4.74 Å². The van der Waals surface area contributed by atoms with E-state index in [2.05, 4.69) is 12.2 Å². The molecule has 0 spiro atoms. The van der Waals surface area contributed by atoms with Crippen LogP contribution in [0.4, 0.5) is 0 Å². The number of hydrogen-bond acceptors (Lipinski definition) is 3. The summed E-state index contributed by atoms with van der Waals surface area (Å²) in [7, 11) is 0. The molecule has 1 fully saturated rings. The molecule has 0 atom stereocenters. The maximum Gasteiger partial charge on any atom is 0.338 e. The van der Waals surface area contributed by atoms with E-state index in [9.17, 15) is 9.59 Å². The van der Waals surface area contributed by atoms with E-state index < -0.39 is 5.97 Å². The van der Waals surface area contributed by atoms with Crippen molar-refractivity contribution in [2.24, 2.45) is 5.92 Å². The lowest BCUT2D eigenvalue weighted by atomic mass is 9.87. The fourth-order valence-electron chi connectivity index (χ4n) is 2.98. The number of esters is 1. The molecule has 1 N–H and O–H groups in total. The Bertz CT molecular complexity index is 525. The van der Waals surface area contributed by atoms with Gasteiger partial charge >= 0.3 is 5.97 Å². The van der Waals surface area contributed by atoms with Crippen molar-refractivity contribution in [3.05, 3.63) is 34.9 Å². The second-order valence-corrected chi connectivity index (χ2v) is 6.48. The van der Waals surface area contributed by atoms with Gasteiger partial charge in [0.1, 0.15) is 0 Å². The maximum absolute atomic E-state index is 12.0. The molecular formula is C18H25NO3. The minimum absolute atomic E-state index is 0.210. The first kappa shape index (κ1) is 16.5. The van der Waals surface area contributed by atoms with Crippen molar-refractivity contribution in [3.8, 4) is 0 Å². The van der Waals surface area contributed by atoms with Crippen molar-refractivity contribution in [2.45, 2.75) is 52.5 Å². The van der Waals surface area contributed by atoms with Crippen molar-refractivity contribution in [1.82, 2.24) is 5.32 Å². The molecule has 1 aliphatic carbocycles.